The molecule has 0 saturated carbocycles. The van der Waals surface area contributed by atoms with E-state index in [1.54, 1.807) is 0 Å². The number of unbranched alkanes of at least 4 members (excludes halogenated alkanes) is 1. The highest BCUT2D eigenvalue weighted by molar-refractivity contribution is 6.05. The molecule has 1 aliphatic rings. The number of H-pyrrole nitrogens is 1. The van der Waals surface area contributed by atoms with Gasteiger partial charge in [0.2, 0.25) is 0 Å². The SMILES string of the molecule is COC(=O)c1cccc2[nH]cc(CCCCC3CC(c4ccccc4)=CCN3)c12. The Bertz CT molecular complexity index is 1000. The van der Waals surface area contributed by atoms with Crippen LogP contribution in [0.25, 0.3) is 16.5 Å². The minimum absolute atomic E-state index is 0.275. The molecule has 2 heterocycles. The van der Waals surface area contributed by atoms with Gasteiger partial charge in [-0.2, -0.15) is 0 Å². The molecule has 4 rings (SSSR count). The van der Waals surface area contributed by atoms with Crippen molar-refractivity contribution in [3.63, 3.8) is 0 Å². The number of aromatic nitrogens is 1. The Morgan fingerprint density at radius 3 is 2.79 bits per heavy atom. The third kappa shape index (κ3) is 4.43. The summed E-state index contributed by atoms with van der Waals surface area (Å²) in [5.41, 5.74) is 5.63. The van der Waals surface area contributed by atoms with Gasteiger partial charge in [0.15, 0.2) is 0 Å². The van der Waals surface area contributed by atoms with Gasteiger partial charge < -0.3 is 15.0 Å². The molecular formula is C25H28N2O2. The quantitative estimate of drug-likeness (QED) is 0.437. The van der Waals surface area contributed by atoms with Crippen molar-refractivity contribution in [3.8, 4) is 0 Å². The smallest absolute Gasteiger partial charge is 0.338 e. The van der Waals surface area contributed by atoms with E-state index in [1.807, 2.05) is 24.4 Å². The van der Waals surface area contributed by atoms with Gasteiger partial charge in [-0.25, -0.2) is 4.79 Å². The van der Waals surface area contributed by atoms with Crippen LogP contribution in [0.2, 0.25) is 0 Å². The molecule has 0 spiro atoms. The average Bonchev–Trinajstić information content (AvgIpc) is 3.20. The van der Waals surface area contributed by atoms with Gasteiger partial charge in [0, 0.05) is 29.7 Å². The lowest BCUT2D eigenvalue weighted by molar-refractivity contribution is 0.0603. The van der Waals surface area contributed by atoms with E-state index < -0.39 is 0 Å². The fourth-order valence-electron chi connectivity index (χ4n) is 4.30. The van der Waals surface area contributed by atoms with Gasteiger partial charge in [-0.1, -0.05) is 48.9 Å². The molecule has 0 fully saturated rings. The highest BCUT2D eigenvalue weighted by Gasteiger charge is 2.17. The predicted octanol–water partition coefficient (Wildman–Crippen LogP) is 5.11. The molecule has 1 atom stereocenters. The van der Waals surface area contributed by atoms with Crippen LogP contribution in [-0.4, -0.2) is 30.6 Å². The molecule has 1 unspecified atom stereocenters. The van der Waals surface area contributed by atoms with Crippen LogP contribution in [0.4, 0.5) is 0 Å². The number of benzene rings is 2. The molecular weight excluding hydrogens is 360 g/mol. The van der Waals surface area contributed by atoms with Crippen molar-refractivity contribution in [2.75, 3.05) is 13.7 Å². The van der Waals surface area contributed by atoms with Gasteiger partial charge in [0.25, 0.3) is 0 Å². The molecule has 0 aliphatic carbocycles. The fraction of sp³-hybridized carbons (Fsp3) is 0.320. The van der Waals surface area contributed by atoms with E-state index in [-0.39, 0.29) is 5.97 Å². The molecule has 3 aromatic rings. The van der Waals surface area contributed by atoms with Gasteiger partial charge in [0.1, 0.15) is 0 Å². The third-order valence-electron chi connectivity index (χ3n) is 5.81. The van der Waals surface area contributed by atoms with Crippen LogP contribution < -0.4 is 5.32 Å². The summed E-state index contributed by atoms with van der Waals surface area (Å²) in [6.45, 7) is 0.944. The van der Waals surface area contributed by atoms with Crippen LogP contribution in [-0.2, 0) is 11.2 Å². The Hall–Kier alpha value is -2.85. The zero-order valence-corrected chi connectivity index (χ0v) is 16.9. The topological polar surface area (TPSA) is 54.1 Å². The Labute approximate surface area is 172 Å². The van der Waals surface area contributed by atoms with E-state index in [1.165, 1.54) is 23.8 Å². The van der Waals surface area contributed by atoms with E-state index in [0.717, 1.165) is 49.6 Å². The lowest BCUT2D eigenvalue weighted by Gasteiger charge is -2.24. The van der Waals surface area contributed by atoms with Crippen molar-refractivity contribution < 1.29 is 9.53 Å². The number of nitrogens with one attached hydrogen (secondary N) is 2. The first kappa shape index (κ1) is 19.5. The number of fused-ring (bicyclic) bond motifs is 1. The average molecular weight is 389 g/mol. The van der Waals surface area contributed by atoms with E-state index >= 15 is 0 Å². The van der Waals surface area contributed by atoms with Crippen LogP contribution in [0.1, 0.15) is 47.2 Å². The van der Waals surface area contributed by atoms with Gasteiger partial charge in [0.05, 0.1) is 12.7 Å². The van der Waals surface area contributed by atoms with Gasteiger partial charge in [-0.15, -0.1) is 0 Å². The van der Waals surface area contributed by atoms with Crippen LogP contribution in [0, 0.1) is 0 Å². The van der Waals surface area contributed by atoms with Gasteiger partial charge in [-0.05, 0) is 54.5 Å². The minimum Gasteiger partial charge on any atom is -0.465 e. The molecule has 0 bridgehead atoms. The highest BCUT2D eigenvalue weighted by Crippen LogP contribution is 2.27. The highest BCUT2D eigenvalue weighted by atomic mass is 16.5. The Balaban J connectivity index is 1.33. The zero-order valence-electron chi connectivity index (χ0n) is 16.9. The summed E-state index contributed by atoms with van der Waals surface area (Å²) in [5.74, 6) is -0.275. The number of methoxy groups -OCH3 is 1. The number of rotatable bonds is 7. The number of hydrogen-bond acceptors (Lipinski definition) is 3. The maximum atomic E-state index is 12.1. The molecule has 0 amide bonds. The number of carbonyl (C=O) groups is 1. The minimum atomic E-state index is -0.275. The maximum Gasteiger partial charge on any atom is 0.338 e. The van der Waals surface area contributed by atoms with Crippen LogP contribution in [0.3, 0.4) is 0 Å². The first-order chi connectivity index (χ1) is 14.3. The van der Waals surface area contributed by atoms with Crippen molar-refractivity contribution >= 4 is 22.4 Å². The standard InChI is InChI=1S/C25H28N2O2/c1-29-25(28)22-12-7-13-23-24(22)20(17-27-23)10-5-6-11-21-16-19(14-15-26-21)18-8-3-2-4-9-18/h2-4,7-9,12-14,17,21,26-27H,5-6,10-11,15-16H2,1H3. The molecule has 1 aromatic heterocycles. The van der Waals surface area contributed by atoms with Crippen molar-refractivity contribution in [2.45, 2.75) is 38.1 Å². The molecule has 0 saturated heterocycles. The molecule has 0 radical (unpaired) electrons. The number of esters is 1. The normalized spacial score (nSPS) is 16.6. The summed E-state index contributed by atoms with van der Waals surface area (Å²) >= 11 is 0. The number of aromatic amines is 1. The summed E-state index contributed by atoms with van der Waals surface area (Å²) in [6, 6.07) is 17.0. The third-order valence-corrected chi connectivity index (χ3v) is 5.81. The number of carbonyl (C=O) groups excluding carboxylic acids is 1. The molecule has 4 nitrogen and oxygen atoms in total. The summed E-state index contributed by atoms with van der Waals surface area (Å²) in [6.07, 6.45) is 9.82. The van der Waals surface area contributed by atoms with Crippen LogP contribution >= 0.6 is 0 Å². The summed E-state index contributed by atoms with van der Waals surface area (Å²) in [5, 5.41) is 4.63. The van der Waals surface area contributed by atoms with Crippen LogP contribution in [0.5, 0.6) is 0 Å². The summed E-state index contributed by atoms with van der Waals surface area (Å²) in [4.78, 5) is 15.4. The molecule has 1 aliphatic heterocycles. The number of aryl methyl sites for hydroxylation is 1. The molecule has 29 heavy (non-hydrogen) atoms. The zero-order chi connectivity index (χ0) is 20.1. The summed E-state index contributed by atoms with van der Waals surface area (Å²) in [7, 11) is 1.43. The number of hydrogen-bond donors (Lipinski definition) is 2. The molecule has 4 heteroatoms. The van der Waals surface area contributed by atoms with Gasteiger partial charge in [-0.3, -0.25) is 0 Å². The predicted molar refractivity (Wildman–Crippen MR) is 118 cm³/mol. The maximum absolute atomic E-state index is 12.1. The second-order valence-electron chi connectivity index (χ2n) is 7.68. The van der Waals surface area contributed by atoms with E-state index in [9.17, 15) is 4.79 Å². The fourth-order valence-corrected chi connectivity index (χ4v) is 4.30. The lowest BCUT2D eigenvalue weighted by Crippen LogP contribution is -2.32. The largest absolute Gasteiger partial charge is 0.465 e. The van der Waals surface area contributed by atoms with E-state index in [4.69, 9.17) is 4.74 Å². The lowest BCUT2D eigenvalue weighted by atomic mass is 9.92. The summed E-state index contributed by atoms with van der Waals surface area (Å²) < 4.78 is 4.95. The monoisotopic (exact) mass is 388 g/mol. The Kier molecular flexibility index (Phi) is 6.11. The molecule has 150 valence electrons. The van der Waals surface area contributed by atoms with Crippen molar-refractivity contribution in [3.05, 3.63) is 77.5 Å². The first-order valence-electron chi connectivity index (χ1n) is 10.4. The number of ether oxygens (including phenoxy) is 1. The van der Waals surface area contributed by atoms with Crippen molar-refractivity contribution in [2.24, 2.45) is 0 Å². The Morgan fingerprint density at radius 1 is 1.10 bits per heavy atom. The molecule has 2 aromatic carbocycles. The molecule has 2 N–H and O–H groups in total. The second kappa shape index (κ2) is 9.10. The van der Waals surface area contributed by atoms with Crippen molar-refractivity contribution in [1.82, 2.24) is 10.3 Å². The second-order valence-corrected chi connectivity index (χ2v) is 7.68. The van der Waals surface area contributed by atoms with Gasteiger partial charge >= 0.3 is 5.97 Å². The van der Waals surface area contributed by atoms with Crippen molar-refractivity contribution in [1.29, 1.82) is 0 Å². The van der Waals surface area contributed by atoms with E-state index in [2.05, 4.69) is 46.7 Å². The van der Waals surface area contributed by atoms with E-state index in [0.29, 0.717) is 11.6 Å². The first-order valence-corrected chi connectivity index (χ1v) is 10.4. The van der Waals surface area contributed by atoms with Crippen LogP contribution in [0.15, 0.2) is 60.8 Å². The Morgan fingerprint density at radius 2 is 1.97 bits per heavy atom.